The zero-order valence-electron chi connectivity index (χ0n) is 13.7. The van der Waals surface area contributed by atoms with Gasteiger partial charge in [0, 0.05) is 0 Å². The van der Waals surface area contributed by atoms with Crippen LogP contribution in [0.1, 0.15) is 12.5 Å². The van der Waals surface area contributed by atoms with Crippen molar-refractivity contribution in [2.24, 2.45) is 7.05 Å². The number of fused-ring (bicyclic) bond motifs is 1. The lowest BCUT2D eigenvalue weighted by Gasteiger charge is -2.04. The van der Waals surface area contributed by atoms with E-state index in [1.54, 1.807) is 0 Å². The Balaban J connectivity index is 2.20. The summed E-state index contributed by atoms with van der Waals surface area (Å²) in [5.41, 5.74) is 4.41. The molecule has 1 aromatic heterocycles. The lowest BCUT2D eigenvalue weighted by atomic mass is 10.1. The number of para-hydroxylation sites is 2. The fraction of sp³-hybridized carbons (Fsp3) is 0.263. The molecule has 1 heterocycles. The van der Waals surface area contributed by atoms with Gasteiger partial charge in [-0.1, -0.05) is 29.8 Å². The van der Waals surface area contributed by atoms with Gasteiger partial charge in [-0.2, -0.15) is 0 Å². The summed E-state index contributed by atoms with van der Waals surface area (Å²) in [5, 5.41) is 0. The average Bonchev–Trinajstić information content (AvgIpc) is 2.82. The van der Waals surface area contributed by atoms with E-state index < -0.39 is 0 Å². The molecule has 0 unspecified atom stereocenters. The number of aromatic nitrogens is 2. The van der Waals surface area contributed by atoms with Crippen LogP contribution in [-0.4, -0.2) is 17.1 Å². The summed E-state index contributed by atoms with van der Waals surface area (Å²) in [5.74, 6) is 0.779. The Labute approximate surface area is 135 Å². The Hall–Kier alpha value is -2.62. The van der Waals surface area contributed by atoms with E-state index in [1.165, 1.54) is 5.56 Å². The molecule has 4 nitrogen and oxygen atoms in total. The molecule has 3 rings (SSSR count). The maximum atomic E-state index is 12.1. The van der Waals surface area contributed by atoms with Crippen LogP contribution in [0.25, 0.3) is 22.4 Å². The van der Waals surface area contributed by atoms with Gasteiger partial charge in [0.2, 0.25) is 0 Å². The van der Waals surface area contributed by atoms with Gasteiger partial charge in [0.15, 0.2) is 17.6 Å². The van der Waals surface area contributed by atoms with E-state index in [0.29, 0.717) is 6.61 Å². The van der Waals surface area contributed by atoms with Crippen LogP contribution in [0.5, 0.6) is 0 Å². The van der Waals surface area contributed by atoms with E-state index >= 15 is 0 Å². The second kappa shape index (κ2) is 6.24. The van der Waals surface area contributed by atoms with Crippen molar-refractivity contribution < 1.29 is 14.1 Å². The second-order valence-electron chi connectivity index (χ2n) is 5.63. The summed E-state index contributed by atoms with van der Waals surface area (Å²) in [6, 6.07) is 16.4. The number of imidazole rings is 1. The minimum absolute atomic E-state index is 0.207. The molecule has 0 aliphatic carbocycles. The molecule has 3 aromatic rings. The van der Waals surface area contributed by atoms with E-state index in [4.69, 9.17) is 4.74 Å². The van der Waals surface area contributed by atoms with E-state index in [1.807, 2.05) is 36.7 Å². The molecular formula is C19H21N2O2+. The molecule has 0 radical (unpaired) electrons. The van der Waals surface area contributed by atoms with Crippen LogP contribution >= 0.6 is 0 Å². The third-order valence-corrected chi connectivity index (χ3v) is 4.01. The van der Waals surface area contributed by atoms with Gasteiger partial charge in [-0.05, 0) is 38.1 Å². The van der Waals surface area contributed by atoms with Crippen LogP contribution in [-0.2, 0) is 23.1 Å². The Bertz CT molecular complexity index is 848. The summed E-state index contributed by atoms with van der Waals surface area (Å²) in [6.07, 6.45) is 0. The number of benzene rings is 2. The van der Waals surface area contributed by atoms with Crippen LogP contribution in [0.4, 0.5) is 0 Å². The molecule has 0 fully saturated rings. The molecule has 0 saturated carbocycles. The van der Waals surface area contributed by atoms with Crippen molar-refractivity contribution in [3.05, 3.63) is 54.1 Å². The van der Waals surface area contributed by atoms with Gasteiger partial charge in [0.25, 0.3) is 5.82 Å². The average molecular weight is 309 g/mol. The van der Waals surface area contributed by atoms with Gasteiger partial charge >= 0.3 is 5.97 Å². The van der Waals surface area contributed by atoms with Gasteiger partial charge in [0.05, 0.1) is 19.2 Å². The molecule has 2 aromatic carbocycles. The highest BCUT2D eigenvalue weighted by Gasteiger charge is 2.25. The number of carbonyl (C=O) groups is 1. The van der Waals surface area contributed by atoms with Gasteiger partial charge in [-0.3, -0.25) is 0 Å². The zero-order chi connectivity index (χ0) is 16.4. The highest BCUT2D eigenvalue weighted by Crippen LogP contribution is 2.23. The van der Waals surface area contributed by atoms with Gasteiger partial charge in [-0.15, -0.1) is 0 Å². The molecule has 0 saturated heterocycles. The van der Waals surface area contributed by atoms with Crippen molar-refractivity contribution in [2.45, 2.75) is 20.4 Å². The molecule has 0 amide bonds. The van der Waals surface area contributed by atoms with Crippen molar-refractivity contribution >= 4 is 17.0 Å². The first-order chi connectivity index (χ1) is 11.1. The number of hydrogen-bond donors (Lipinski definition) is 0. The van der Waals surface area contributed by atoms with E-state index in [2.05, 4.69) is 41.8 Å². The lowest BCUT2D eigenvalue weighted by Crippen LogP contribution is -2.30. The normalized spacial score (nSPS) is 10.9. The standard InChI is InChI=1S/C19H21N2O2/c1-4-23-18(22)13-21-17-8-6-5-7-16(17)20(3)19(21)15-11-9-14(2)10-12-15/h5-12H,4,13H2,1-3H3/q+1. The number of esters is 1. The molecule has 0 aliphatic heterocycles. The monoisotopic (exact) mass is 309 g/mol. The van der Waals surface area contributed by atoms with Crippen LogP contribution in [0.3, 0.4) is 0 Å². The highest BCUT2D eigenvalue weighted by atomic mass is 16.5. The summed E-state index contributed by atoms with van der Waals surface area (Å²) in [7, 11) is 2.03. The maximum absolute atomic E-state index is 12.1. The number of aryl methyl sites for hydroxylation is 2. The summed E-state index contributed by atoms with van der Waals surface area (Å²) >= 11 is 0. The first-order valence-corrected chi connectivity index (χ1v) is 7.81. The molecule has 0 bridgehead atoms. The Morgan fingerprint density at radius 1 is 1.13 bits per heavy atom. The fourth-order valence-electron chi connectivity index (χ4n) is 2.93. The van der Waals surface area contributed by atoms with Gasteiger partial charge in [-0.25, -0.2) is 13.9 Å². The number of ether oxygens (including phenoxy) is 1. The van der Waals surface area contributed by atoms with Crippen molar-refractivity contribution in [1.82, 2.24) is 4.57 Å². The molecular weight excluding hydrogens is 288 g/mol. The maximum Gasteiger partial charge on any atom is 0.348 e. The van der Waals surface area contributed by atoms with Crippen LogP contribution in [0.15, 0.2) is 48.5 Å². The van der Waals surface area contributed by atoms with Crippen molar-refractivity contribution in [3.63, 3.8) is 0 Å². The van der Waals surface area contributed by atoms with Gasteiger partial charge < -0.3 is 4.74 Å². The predicted octanol–water partition coefficient (Wildman–Crippen LogP) is 3.00. The minimum atomic E-state index is -0.220. The summed E-state index contributed by atoms with van der Waals surface area (Å²) in [6.45, 7) is 4.49. The Kier molecular flexibility index (Phi) is 4.15. The molecule has 118 valence electrons. The summed E-state index contributed by atoms with van der Waals surface area (Å²) < 4.78 is 9.29. The van der Waals surface area contributed by atoms with Crippen molar-refractivity contribution in [3.8, 4) is 11.4 Å². The second-order valence-corrected chi connectivity index (χ2v) is 5.63. The highest BCUT2D eigenvalue weighted by molar-refractivity contribution is 5.79. The smallest absolute Gasteiger partial charge is 0.348 e. The first kappa shape index (κ1) is 15.3. The van der Waals surface area contributed by atoms with Gasteiger partial charge in [0.1, 0.15) is 0 Å². The quantitative estimate of drug-likeness (QED) is 0.548. The van der Waals surface area contributed by atoms with Crippen LogP contribution in [0.2, 0.25) is 0 Å². The van der Waals surface area contributed by atoms with E-state index in [0.717, 1.165) is 22.4 Å². The topological polar surface area (TPSA) is 35.1 Å². The number of carbonyl (C=O) groups excluding carboxylic acids is 1. The zero-order valence-corrected chi connectivity index (χ0v) is 13.7. The minimum Gasteiger partial charge on any atom is -0.463 e. The molecule has 0 aliphatic rings. The first-order valence-electron chi connectivity index (χ1n) is 7.81. The largest absolute Gasteiger partial charge is 0.463 e. The Morgan fingerprint density at radius 2 is 1.83 bits per heavy atom. The molecule has 4 heteroatoms. The third kappa shape index (κ3) is 2.84. The Morgan fingerprint density at radius 3 is 2.52 bits per heavy atom. The lowest BCUT2D eigenvalue weighted by molar-refractivity contribution is -0.634. The predicted molar refractivity (Wildman–Crippen MR) is 89.9 cm³/mol. The molecule has 0 atom stereocenters. The van der Waals surface area contributed by atoms with Crippen molar-refractivity contribution in [2.75, 3.05) is 6.61 Å². The van der Waals surface area contributed by atoms with Crippen LogP contribution in [0, 0.1) is 6.92 Å². The molecule has 0 spiro atoms. The number of hydrogen-bond acceptors (Lipinski definition) is 2. The molecule has 23 heavy (non-hydrogen) atoms. The van der Waals surface area contributed by atoms with Crippen LogP contribution < -0.4 is 4.57 Å². The number of rotatable bonds is 4. The van der Waals surface area contributed by atoms with E-state index in [-0.39, 0.29) is 12.5 Å². The fourth-order valence-corrected chi connectivity index (χ4v) is 2.93. The summed E-state index contributed by atoms with van der Waals surface area (Å²) in [4.78, 5) is 12.1. The SMILES string of the molecule is CCOC(=O)Cn1c(-c2ccc(C)cc2)[n+](C)c2ccccc21. The van der Waals surface area contributed by atoms with Crippen molar-refractivity contribution in [1.29, 1.82) is 0 Å². The molecule has 0 N–H and O–H groups in total. The number of nitrogens with zero attached hydrogens (tertiary/aromatic N) is 2. The van der Waals surface area contributed by atoms with E-state index in [9.17, 15) is 4.79 Å². The third-order valence-electron chi connectivity index (χ3n) is 4.01.